The Kier molecular flexibility index (Phi) is 6.66. The number of aryl methyl sites for hydroxylation is 1. The van der Waals surface area contributed by atoms with E-state index in [1.165, 1.54) is 0 Å². The van der Waals surface area contributed by atoms with Crippen molar-refractivity contribution in [3.05, 3.63) is 45.8 Å². The van der Waals surface area contributed by atoms with Gasteiger partial charge in [0.2, 0.25) is 0 Å². The van der Waals surface area contributed by atoms with E-state index < -0.39 is 12.1 Å². The van der Waals surface area contributed by atoms with Crippen LogP contribution < -0.4 is 10.6 Å². The van der Waals surface area contributed by atoms with Gasteiger partial charge >= 0.3 is 5.97 Å². The second-order valence-corrected chi connectivity index (χ2v) is 7.76. The van der Waals surface area contributed by atoms with Crippen molar-refractivity contribution in [2.45, 2.75) is 39.7 Å². The predicted octanol–water partition coefficient (Wildman–Crippen LogP) is 3.91. The van der Waals surface area contributed by atoms with E-state index in [1.807, 2.05) is 31.2 Å². The van der Waals surface area contributed by atoms with E-state index >= 15 is 0 Å². The van der Waals surface area contributed by atoms with Crippen molar-refractivity contribution >= 4 is 39.8 Å². The molecule has 2 heterocycles. The molecule has 1 aromatic heterocycles. The molecule has 1 unspecified atom stereocenters. The predicted molar refractivity (Wildman–Crippen MR) is 112 cm³/mol. The molecular formula is C21H24N2O5S. The lowest BCUT2D eigenvalue weighted by Crippen LogP contribution is -2.27. The van der Waals surface area contributed by atoms with E-state index in [0.29, 0.717) is 34.2 Å². The van der Waals surface area contributed by atoms with E-state index in [0.717, 1.165) is 23.3 Å². The Balaban J connectivity index is 1.90. The molecule has 0 spiro atoms. The molecule has 1 fully saturated rings. The maximum absolute atomic E-state index is 12.9. The standard InChI is InChI=1S/C21H24N2O5S/c1-4-27-21(26)16-13(3)17(19(25)22-14-9-6-5-8-12(14)2)29-20(16)23-18(24)15-10-7-11-28-15/h5-6,8-9,15H,4,7,10-11H2,1-3H3,(H,22,25)(H,23,24). The van der Waals surface area contributed by atoms with Gasteiger partial charge in [-0.1, -0.05) is 18.2 Å². The average molecular weight is 416 g/mol. The van der Waals surface area contributed by atoms with Crippen LogP contribution in [-0.2, 0) is 14.3 Å². The minimum absolute atomic E-state index is 0.192. The molecule has 2 aromatic rings. The summed E-state index contributed by atoms with van der Waals surface area (Å²) in [5, 5.41) is 5.93. The third-order valence-corrected chi connectivity index (χ3v) is 5.89. The molecule has 1 saturated heterocycles. The maximum Gasteiger partial charge on any atom is 0.341 e. The molecule has 8 heteroatoms. The minimum Gasteiger partial charge on any atom is -0.462 e. The number of anilines is 2. The highest BCUT2D eigenvalue weighted by molar-refractivity contribution is 7.19. The van der Waals surface area contributed by atoms with E-state index in [-0.39, 0.29) is 24.0 Å². The summed E-state index contributed by atoms with van der Waals surface area (Å²) in [6, 6.07) is 7.43. The van der Waals surface area contributed by atoms with Crippen molar-refractivity contribution in [1.82, 2.24) is 0 Å². The quantitative estimate of drug-likeness (QED) is 0.697. The molecule has 1 aromatic carbocycles. The van der Waals surface area contributed by atoms with Crippen LogP contribution in [-0.4, -0.2) is 37.1 Å². The third-order valence-electron chi connectivity index (χ3n) is 4.68. The number of amides is 2. The summed E-state index contributed by atoms with van der Waals surface area (Å²) >= 11 is 1.06. The lowest BCUT2D eigenvalue weighted by Gasteiger charge is -2.10. The molecule has 3 rings (SSSR count). The highest BCUT2D eigenvalue weighted by atomic mass is 32.1. The van der Waals surface area contributed by atoms with Crippen LogP contribution in [0.25, 0.3) is 0 Å². The van der Waals surface area contributed by atoms with Crippen LogP contribution in [0, 0.1) is 13.8 Å². The fraction of sp³-hybridized carbons (Fsp3) is 0.381. The average Bonchev–Trinajstić information content (AvgIpc) is 3.32. The Morgan fingerprint density at radius 2 is 1.97 bits per heavy atom. The molecule has 0 aliphatic carbocycles. The molecule has 0 bridgehead atoms. The van der Waals surface area contributed by atoms with Gasteiger partial charge in [0.25, 0.3) is 11.8 Å². The van der Waals surface area contributed by atoms with Crippen LogP contribution in [0.3, 0.4) is 0 Å². The van der Waals surface area contributed by atoms with E-state index in [1.54, 1.807) is 13.8 Å². The van der Waals surface area contributed by atoms with Gasteiger partial charge in [0.15, 0.2) is 0 Å². The first-order valence-corrected chi connectivity index (χ1v) is 10.3. The first-order valence-electron chi connectivity index (χ1n) is 9.52. The number of thiophene rings is 1. The van der Waals surface area contributed by atoms with Crippen molar-refractivity contribution in [3.8, 4) is 0 Å². The number of benzene rings is 1. The highest BCUT2D eigenvalue weighted by Gasteiger charge is 2.30. The van der Waals surface area contributed by atoms with Gasteiger partial charge in [0, 0.05) is 12.3 Å². The molecule has 2 N–H and O–H groups in total. The number of carbonyl (C=O) groups is 3. The molecule has 2 amide bonds. The first-order chi connectivity index (χ1) is 13.9. The molecule has 1 aliphatic heterocycles. The summed E-state index contributed by atoms with van der Waals surface area (Å²) in [5.74, 6) is -1.23. The fourth-order valence-corrected chi connectivity index (χ4v) is 4.23. The number of hydrogen-bond acceptors (Lipinski definition) is 6. The second kappa shape index (κ2) is 9.19. The molecule has 7 nitrogen and oxygen atoms in total. The van der Waals surface area contributed by atoms with E-state index in [2.05, 4.69) is 10.6 Å². The lowest BCUT2D eigenvalue weighted by atomic mass is 10.1. The van der Waals surface area contributed by atoms with Gasteiger partial charge in [-0.25, -0.2) is 4.79 Å². The van der Waals surface area contributed by atoms with Crippen molar-refractivity contribution < 1.29 is 23.9 Å². The number of rotatable bonds is 6. The molecule has 0 saturated carbocycles. The number of ether oxygens (including phenoxy) is 2. The monoisotopic (exact) mass is 416 g/mol. The van der Waals surface area contributed by atoms with Gasteiger partial charge in [-0.05, 0) is 50.8 Å². The second-order valence-electron chi connectivity index (χ2n) is 6.74. The van der Waals surface area contributed by atoms with Crippen LogP contribution in [0.5, 0.6) is 0 Å². The summed E-state index contributed by atoms with van der Waals surface area (Å²) in [4.78, 5) is 38.2. The molecular weight excluding hydrogens is 392 g/mol. The summed E-state index contributed by atoms with van der Waals surface area (Å²) in [6.07, 6.45) is 0.902. The molecule has 1 atom stereocenters. The van der Waals surface area contributed by atoms with Crippen molar-refractivity contribution in [2.75, 3.05) is 23.8 Å². The topological polar surface area (TPSA) is 93.7 Å². The zero-order valence-corrected chi connectivity index (χ0v) is 17.5. The Morgan fingerprint density at radius 1 is 1.21 bits per heavy atom. The van der Waals surface area contributed by atoms with Crippen molar-refractivity contribution in [3.63, 3.8) is 0 Å². The SMILES string of the molecule is CCOC(=O)c1c(NC(=O)C2CCCO2)sc(C(=O)Nc2ccccc2C)c1C. The minimum atomic E-state index is -0.571. The molecule has 0 radical (unpaired) electrons. The zero-order chi connectivity index (χ0) is 21.0. The van der Waals surface area contributed by atoms with Crippen LogP contribution >= 0.6 is 11.3 Å². The number of nitrogens with one attached hydrogen (secondary N) is 2. The third kappa shape index (κ3) is 4.65. The Labute approximate surface area is 173 Å². The van der Waals surface area contributed by atoms with Gasteiger partial charge < -0.3 is 20.1 Å². The number of para-hydroxylation sites is 1. The fourth-order valence-electron chi connectivity index (χ4n) is 3.14. The summed E-state index contributed by atoms with van der Waals surface area (Å²) in [5.41, 5.74) is 2.29. The highest BCUT2D eigenvalue weighted by Crippen LogP contribution is 2.35. The van der Waals surface area contributed by atoms with Gasteiger partial charge in [0.1, 0.15) is 11.1 Å². The summed E-state index contributed by atoms with van der Waals surface area (Å²) in [6.45, 7) is 6.01. The van der Waals surface area contributed by atoms with Gasteiger partial charge in [-0.15, -0.1) is 11.3 Å². The van der Waals surface area contributed by atoms with Crippen LogP contribution in [0.2, 0.25) is 0 Å². The maximum atomic E-state index is 12.9. The first kappa shape index (κ1) is 21.0. The van der Waals surface area contributed by atoms with Gasteiger partial charge in [-0.3, -0.25) is 9.59 Å². The van der Waals surface area contributed by atoms with Gasteiger partial charge in [0.05, 0.1) is 17.0 Å². The lowest BCUT2D eigenvalue weighted by molar-refractivity contribution is -0.124. The van der Waals surface area contributed by atoms with E-state index in [9.17, 15) is 14.4 Å². The molecule has 29 heavy (non-hydrogen) atoms. The van der Waals surface area contributed by atoms with Crippen LogP contribution in [0.1, 0.15) is 50.9 Å². The largest absolute Gasteiger partial charge is 0.462 e. The Hall–Kier alpha value is -2.71. The van der Waals surface area contributed by atoms with Crippen molar-refractivity contribution in [1.29, 1.82) is 0 Å². The number of hydrogen-bond donors (Lipinski definition) is 2. The summed E-state index contributed by atoms with van der Waals surface area (Å²) in [7, 11) is 0. The van der Waals surface area contributed by atoms with E-state index in [4.69, 9.17) is 9.47 Å². The molecule has 154 valence electrons. The van der Waals surface area contributed by atoms with Crippen LogP contribution in [0.15, 0.2) is 24.3 Å². The number of carbonyl (C=O) groups excluding carboxylic acids is 3. The zero-order valence-electron chi connectivity index (χ0n) is 16.7. The normalized spacial score (nSPS) is 15.8. The van der Waals surface area contributed by atoms with Crippen molar-refractivity contribution in [2.24, 2.45) is 0 Å². The van der Waals surface area contributed by atoms with Gasteiger partial charge in [-0.2, -0.15) is 0 Å². The van der Waals surface area contributed by atoms with Crippen LogP contribution in [0.4, 0.5) is 10.7 Å². The molecule has 1 aliphatic rings. The smallest absolute Gasteiger partial charge is 0.341 e. The number of esters is 1. The Morgan fingerprint density at radius 3 is 2.62 bits per heavy atom. The summed E-state index contributed by atoms with van der Waals surface area (Å²) < 4.78 is 10.5. The Bertz CT molecular complexity index is 931.